The number of aryl methyl sites for hydroxylation is 1. The largest absolute Gasteiger partial charge is 0.293 e. The molecule has 0 unspecified atom stereocenters. The first kappa shape index (κ1) is 13.7. The van der Waals surface area contributed by atoms with Gasteiger partial charge in [0.05, 0.1) is 5.75 Å². The molecule has 0 aliphatic heterocycles. The van der Waals surface area contributed by atoms with Crippen LogP contribution < -0.4 is 0 Å². The van der Waals surface area contributed by atoms with E-state index >= 15 is 0 Å². The molecule has 2 aromatic rings. The minimum Gasteiger partial charge on any atom is -0.293 e. The van der Waals surface area contributed by atoms with Crippen LogP contribution in [0.5, 0.6) is 0 Å². The van der Waals surface area contributed by atoms with Crippen molar-refractivity contribution in [3.8, 4) is 0 Å². The number of Topliss-reactive ketones (excluding diaryl/α,β-unsaturated/α-hetero) is 1. The van der Waals surface area contributed by atoms with Crippen molar-refractivity contribution in [3.05, 3.63) is 65.2 Å². The number of hydrogen-bond acceptors (Lipinski definition) is 2. The van der Waals surface area contributed by atoms with Crippen LogP contribution in [0.1, 0.15) is 15.9 Å². The summed E-state index contributed by atoms with van der Waals surface area (Å²) < 4.78 is 26.5. The summed E-state index contributed by atoms with van der Waals surface area (Å²) in [5.74, 6) is -0.906. The van der Waals surface area contributed by atoms with Crippen LogP contribution in [0.25, 0.3) is 0 Å². The van der Waals surface area contributed by atoms with Gasteiger partial charge >= 0.3 is 0 Å². The van der Waals surface area contributed by atoms with Gasteiger partial charge in [0.2, 0.25) is 0 Å². The first-order valence-electron chi connectivity index (χ1n) is 5.74. The average Bonchev–Trinajstić information content (AvgIpc) is 2.40. The van der Waals surface area contributed by atoms with Gasteiger partial charge in [0.25, 0.3) is 0 Å². The number of carbonyl (C=O) groups excluding carboxylic acids is 1. The molecule has 0 aromatic heterocycles. The second kappa shape index (κ2) is 5.97. The van der Waals surface area contributed by atoms with E-state index < -0.39 is 5.82 Å². The van der Waals surface area contributed by atoms with Crippen LogP contribution in [-0.2, 0) is 0 Å². The first-order valence-corrected chi connectivity index (χ1v) is 6.73. The van der Waals surface area contributed by atoms with Crippen molar-refractivity contribution >= 4 is 17.5 Å². The number of hydrogen-bond donors (Lipinski definition) is 0. The average molecular weight is 278 g/mol. The molecule has 0 atom stereocenters. The van der Waals surface area contributed by atoms with Crippen molar-refractivity contribution in [1.82, 2.24) is 0 Å². The fraction of sp³-hybridized carbons (Fsp3) is 0.133. The molecule has 0 amide bonds. The number of thioether (sulfide) groups is 1. The van der Waals surface area contributed by atoms with Gasteiger partial charge in [-0.05, 0) is 36.8 Å². The Labute approximate surface area is 114 Å². The third-order valence-electron chi connectivity index (χ3n) is 2.70. The maximum absolute atomic E-state index is 13.4. The number of halogens is 2. The van der Waals surface area contributed by atoms with Gasteiger partial charge in [-0.1, -0.05) is 18.2 Å². The van der Waals surface area contributed by atoms with Gasteiger partial charge in [0.15, 0.2) is 5.78 Å². The number of ketones is 1. The van der Waals surface area contributed by atoms with Crippen molar-refractivity contribution in [2.24, 2.45) is 0 Å². The van der Waals surface area contributed by atoms with Crippen molar-refractivity contribution in [1.29, 1.82) is 0 Å². The lowest BCUT2D eigenvalue weighted by Gasteiger charge is -2.05. The van der Waals surface area contributed by atoms with Gasteiger partial charge in [-0.3, -0.25) is 4.79 Å². The summed E-state index contributed by atoms with van der Waals surface area (Å²) in [4.78, 5) is 12.4. The highest BCUT2D eigenvalue weighted by atomic mass is 32.2. The lowest BCUT2D eigenvalue weighted by molar-refractivity contribution is 0.102. The molecular weight excluding hydrogens is 266 g/mol. The highest BCUT2D eigenvalue weighted by Gasteiger charge is 2.12. The third-order valence-corrected chi connectivity index (χ3v) is 3.74. The van der Waals surface area contributed by atoms with Gasteiger partial charge in [0.1, 0.15) is 11.6 Å². The molecule has 19 heavy (non-hydrogen) atoms. The standard InChI is InChI=1S/C15H12F2OS/c1-10-6-7-11(16)8-12(10)14(18)9-19-15-5-3-2-4-13(15)17/h2-8H,9H2,1H3. The van der Waals surface area contributed by atoms with Crippen molar-refractivity contribution in [2.75, 3.05) is 5.75 Å². The van der Waals surface area contributed by atoms with Gasteiger partial charge in [-0.25, -0.2) is 8.78 Å². The van der Waals surface area contributed by atoms with Crippen LogP contribution in [0.2, 0.25) is 0 Å². The van der Waals surface area contributed by atoms with E-state index in [0.717, 1.165) is 17.3 Å². The molecule has 98 valence electrons. The van der Waals surface area contributed by atoms with Crippen molar-refractivity contribution in [2.45, 2.75) is 11.8 Å². The first-order chi connectivity index (χ1) is 9.08. The van der Waals surface area contributed by atoms with Crippen LogP contribution in [-0.4, -0.2) is 11.5 Å². The Hall–Kier alpha value is -1.68. The van der Waals surface area contributed by atoms with Gasteiger partial charge in [-0.15, -0.1) is 11.8 Å². The Morgan fingerprint density at radius 3 is 2.63 bits per heavy atom. The summed E-state index contributed by atoms with van der Waals surface area (Å²) in [6.07, 6.45) is 0. The molecule has 2 rings (SSSR count). The smallest absolute Gasteiger partial charge is 0.173 e. The molecule has 4 heteroatoms. The molecule has 1 nitrogen and oxygen atoms in total. The zero-order valence-corrected chi connectivity index (χ0v) is 11.1. The van der Waals surface area contributed by atoms with Crippen molar-refractivity contribution in [3.63, 3.8) is 0 Å². The molecule has 0 saturated carbocycles. The molecule has 0 aliphatic rings. The Morgan fingerprint density at radius 1 is 1.16 bits per heavy atom. The molecule has 0 N–H and O–H groups in total. The van der Waals surface area contributed by atoms with Crippen LogP contribution in [0.3, 0.4) is 0 Å². The summed E-state index contributed by atoms with van der Waals surface area (Å²) >= 11 is 1.12. The maximum atomic E-state index is 13.4. The second-order valence-electron chi connectivity index (χ2n) is 4.10. The van der Waals surface area contributed by atoms with Gasteiger partial charge in [0, 0.05) is 10.5 Å². The number of rotatable bonds is 4. The summed E-state index contributed by atoms with van der Waals surface area (Å²) in [7, 11) is 0. The molecule has 0 heterocycles. The number of carbonyl (C=O) groups is 1. The highest BCUT2D eigenvalue weighted by Crippen LogP contribution is 2.23. The maximum Gasteiger partial charge on any atom is 0.173 e. The van der Waals surface area contributed by atoms with E-state index in [9.17, 15) is 13.6 Å². The Bertz CT molecular complexity index is 611. The van der Waals surface area contributed by atoms with Crippen LogP contribution in [0, 0.1) is 18.6 Å². The lowest BCUT2D eigenvalue weighted by atomic mass is 10.1. The van der Waals surface area contributed by atoms with Gasteiger partial charge in [-0.2, -0.15) is 0 Å². The minimum absolute atomic E-state index is 0.0885. The van der Waals surface area contributed by atoms with Crippen molar-refractivity contribution < 1.29 is 13.6 Å². The molecule has 0 spiro atoms. The molecule has 0 radical (unpaired) electrons. The Balaban J connectivity index is 2.10. The summed E-state index contributed by atoms with van der Waals surface area (Å²) in [6, 6.07) is 10.4. The van der Waals surface area contributed by atoms with E-state index in [2.05, 4.69) is 0 Å². The predicted molar refractivity (Wildman–Crippen MR) is 72.6 cm³/mol. The van der Waals surface area contributed by atoms with E-state index in [0.29, 0.717) is 10.5 Å². The molecule has 0 saturated heterocycles. The number of benzene rings is 2. The SMILES string of the molecule is Cc1ccc(F)cc1C(=O)CSc1ccccc1F. The van der Waals surface area contributed by atoms with Crippen LogP contribution in [0.4, 0.5) is 8.78 Å². The van der Waals surface area contributed by atoms with E-state index in [1.165, 1.54) is 18.2 Å². The normalized spacial score (nSPS) is 10.5. The van der Waals surface area contributed by atoms with E-state index in [-0.39, 0.29) is 17.4 Å². The molecule has 2 aromatic carbocycles. The summed E-state index contributed by atoms with van der Waals surface area (Å²) in [5, 5.41) is 0. The fourth-order valence-electron chi connectivity index (χ4n) is 1.68. The topological polar surface area (TPSA) is 17.1 Å². The van der Waals surface area contributed by atoms with Crippen LogP contribution >= 0.6 is 11.8 Å². The second-order valence-corrected chi connectivity index (χ2v) is 5.12. The zero-order valence-electron chi connectivity index (χ0n) is 10.3. The van der Waals surface area contributed by atoms with E-state index in [1.807, 2.05) is 0 Å². The monoisotopic (exact) mass is 278 g/mol. The fourth-order valence-corrected chi connectivity index (χ4v) is 2.50. The molecular formula is C15H12F2OS. The molecule has 0 bridgehead atoms. The van der Waals surface area contributed by atoms with E-state index in [4.69, 9.17) is 0 Å². The van der Waals surface area contributed by atoms with Crippen LogP contribution in [0.15, 0.2) is 47.4 Å². The Kier molecular flexibility index (Phi) is 4.32. The van der Waals surface area contributed by atoms with Gasteiger partial charge < -0.3 is 0 Å². The molecule has 0 fully saturated rings. The van der Waals surface area contributed by atoms with E-state index in [1.54, 1.807) is 31.2 Å². The highest BCUT2D eigenvalue weighted by molar-refractivity contribution is 8.00. The summed E-state index contributed by atoms with van der Waals surface area (Å²) in [5.41, 5.74) is 1.07. The summed E-state index contributed by atoms with van der Waals surface area (Å²) in [6.45, 7) is 1.75. The third kappa shape index (κ3) is 3.41. The predicted octanol–water partition coefficient (Wildman–Crippen LogP) is 4.25. The minimum atomic E-state index is -0.440. The quantitative estimate of drug-likeness (QED) is 0.614. The molecule has 0 aliphatic carbocycles. The zero-order chi connectivity index (χ0) is 13.8. The Morgan fingerprint density at radius 2 is 1.89 bits per heavy atom. The lowest BCUT2D eigenvalue weighted by Crippen LogP contribution is -2.05.